The second-order valence-corrected chi connectivity index (χ2v) is 7.73. The molecule has 2 unspecified atom stereocenters. The van der Waals surface area contributed by atoms with Gasteiger partial charge in [0.05, 0.1) is 10.9 Å². The van der Waals surface area contributed by atoms with Gasteiger partial charge in [-0.15, -0.1) is 11.8 Å². The summed E-state index contributed by atoms with van der Waals surface area (Å²) in [5.74, 6) is 1.22. The standard InChI is InChI=1S/C13H22N2O2S/c1-3-13(2)11(17)15-12(18-13)14-9-5-8-4-7(9)6-10(8)16/h7-10,12,14,16H,3-6H2,1-2H3,(H,15,17)/t7-,8-,9+,10+,12?,13?/m1/s1. The second kappa shape index (κ2) is 4.39. The predicted octanol–water partition coefficient (Wildman–Crippen LogP) is 1.05. The predicted molar refractivity (Wildman–Crippen MR) is 72.0 cm³/mol. The molecule has 1 heterocycles. The molecule has 102 valence electrons. The van der Waals surface area contributed by atoms with Gasteiger partial charge in [-0.3, -0.25) is 10.1 Å². The van der Waals surface area contributed by atoms with Gasteiger partial charge in [0.2, 0.25) is 5.91 Å². The molecule has 5 heteroatoms. The number of carbonyl (C=O) groups is 1. The molecule has 2 bridgehead atoms. The van der Waals surface area contributed by atoms with Crippen molar-refractivity contribution in [3.05, 3.63) is 0 Å². The first-order valence-corrected chi connectivity index (χ1v) is 7.82. The molecule has 0 aromatic carbocycles. The average molecular weight is 270 g/mol. The van der Waals surface area contributed by atoms with Gasteiger partial charge in [-0.2, -0.15) is 0 Å². The van der Waals surface area contributed by atoms with Crippen molar-refractivity contribution in [2.45, 2.75) is 61.9 Å². The molecule has 1 saturated heterocycles. The summed E-state index contributed by atoms with van der Waals surface area (Å²) in [5, 5.41) is 16.4. The van der Waals surface area contributed by atoms with Crippen LogP contribution in [0.4, 0.5) is 0 Å². The maximum Gasteiger partial charge on any atom is 0.237 e. The van der Waals surface area contributed by atoms with Crippen LogP contribution in [0.25, 0.3) is 0 Å². The van der Waals surface area contributed by atoms with Gasteiger partial charge in [0, 0.05) is 6.04 Å². The third-order valence-corrected chi connectivity index (χ3v) is 6.46. The van der Waals surface area contributed by atoms with Crippen LogP contribution in [-0.4, -0.2) is 33.4 Å². The van der Waals surface area contributed by atoms with E-state index in [0.29, 0.717) is 17.9 Å². The van der Waals surface area contributed by atoms with Crippen molar-refractivity contribution in [2.75, 3.05) is 0 Å². The van der Waals surface area contributed by atoms with Gasteiger partial charge in [0.25, 0.3) is 0 Å². The van der Waals surface area contributed by atoms with Gasteiger partial charge in [0.15, 0.2) is 0 Å². The topological polar surface area (TPSA) is 61.4 Å². The summed E-state index contributed by atoms with van der Waals surface area (Å²) < 4.78 is -0.283. The zero-order valence-corrected chi connectivity index (χ0v) is 11.8. The number of thioether (sulfide) groups is 1. The number of aliphatic hydroxyl groups is 1. The lowest BCUT2D eigenvalue weighted by molar-refractivity contribution is -0.122. The molecule has 3 fully saturated rings. The Hall–Kier alpha value is -0.260. The fraction of sp³-hybridized carbons (Fsp3) is 0.923. The number of amides is 1. The first kappa shape index (κ1) is 12.8. The highest BCUT2D eigenvalue weighted by Crippen LogP contribution is 2.46. The molecule has 0 radical (unpaired) electrons. The van der Waals surface area contributed by atoms with Crippen LogP contribution in [0.2, 0.25) is 0 Å². The highest BCUT2D eigenvalue weighted by molar-refractivity contribution is 8.02. The minimum absolute atomic E-state index is 0.0453. The number of nitrogens with one attached hydrogen (secondary N) is 2. The van der Waals surface area contributed by atoms with Crippen LogP contribution in [0, 0.1) is 11.8 Å². The van der Waals surface area contributed by atoms with Crippen LogP contribution in [0.15, 0.2) is 0 Å². The van der Waals surface area contributed by atoms with Gasteiger partial charge in [-0.05, 0) is 44.4 Å². The molecule has 1 amide bonds. The van der Waals surface area contributed by atoms with Crippen molar-refractivity contribution < 1.29 is 9.90 Å². The Morgan fingerprint density at radius 1 is 1.44 bits per heavy atom. The Bertz CT molecular complexity index is 363. The molecule has 3 N–H and O–H groups in total. The van der Waals surface area contributed by atoms with Crippen LogP contribution in [-0.2, 0) is 4.79 Å². The lowest BCUT2D eigenvalue weighted by atomic mass is 9.93. The first-order chi connectivity index (χ1) is 8.51. The Morgan fingerprint density at radius 2 is 2.22 bits per heavy atom. The van der Waals surface area contributed by atoms with Gasteiger partial charge < -0.3 is 10.4 Å². The van der Waals surface area contributed by atoms with Gasteiger partial charge in [0.1, 0.15) is 5.50 Å². The third-order valence-electron chi connectivity index (χ3n) is 4.98. The minimum Gasteiger partial charge on any atom is -0.393 e. The number of rotatable bonds is 3. The largest absolute Gasteiger partial charge is 0.393 e. The van der Waals surface area contributed by atoms with Crippen molar-refractivity contribution in [1.29, 1.82) is 0 Å². The average Bonchev–Trinajstić information content (AvgIpc) is 2.94. The molecular formula is C13H22N2O2S. The molecule has 6 atom stereocenters. The Morgan fingerprint density at radius 3 is 2.72 bits per heavy atom. The lowest BCUT2D eigenvalue weighted by Gasteiger charge is -2.28. The molecule has 0 spiro atoms. The molecule has 2 saturated carbocycles. The quantitative estimate of drug-likeness (QED) is 0.717. The van der Waals surface area contributed by atoms with E-state index in [1.165, 1.54) is 0 Å². The van der Waals surface area contributed by atoms with Crippen molar-refractivity contribution >= 4 is 17.7 Å². The van der Waals surface area contributed by atoms with Crippen molar-refractivity contribution in [3.8, 4) is 0 Å². The summed E-state index contributed by atoms with van der Waals surface area (Å²) in [6.45, 7) is 4.07. The SMILES string of the molecule is CCC1(C)SC(N[C@H]2C[C@H]3C[C@@H]2C[C@@H]3O)NC1=O. The minimum atomic E-state index is -0.283. The van der Waals surface area contributed by atoms with E-state index >= 15 is 0 Å². The molecule has 0 aromatic rings. The van der Waals surface area contributed by atoms with Crippen LogP contribution >= 0.6 is 11.8 Å². The van der Waals surface area contributed by atoms with E-state index < -0.39 is 0 Å². The molecule has 3 rings (SSSR count). The summed E-state index contributed by atoms with van der Waals surface area (Å²) in [6, 6.07) is 0.468. The van der Waals surface area contributed by atoms with Gasteiger partial charge in [-0.1, -0.05) is 6.92 Å². The number of hydrogen-bond acceptors (Lipinski definition) is 4. The molecule has 1 aliphatic heterocycles. The summed E-state index contributed by atoms with van der Waals surface area (Å²) in [5.41, 5.74) is 0.0453. The van der Waals surface area contributed by atoms with E-state index in [1.807, 2.05) is 6.92 Å². The van der Waals surface area contributed by atoms with E-state index in [2.05, 4.69) is 17.6 Å². The zero-order valence-electron chi connectivity index (χ0n) is 11.0. The van der Waals surface area contributed by atoms with Crippen molar-refractivity contribution in [1.82, 2.24) is 10.6 Å². The smallest absolute Gasteiger partial charge is 0.237 e. The molecule has 3 aliphatic rings. The number of fused-ring (bicyclic) bond motifs is 2. The van der Waals surface area contributed by atoms with Crippen LogP contribution < -0.4 is 10.6 Å². The Labute approximate surface area is 112 Å². The van der Waals surface area contributed by atoms with Gasteiger partial charge in [-0.25, -0.2) is 0 Å². The summed E-state index contributed by atoms with van der Waals surface area (Å²) >= 11 is 1.70. The monoisotopic (exact) mass is 270 g/mol. The number of carbonyl (C=O) groups excluding carboxylic acids is 1. The van der Waals surface area contributed by atoms with E-state index in [4.69, 9.17) is 0 Å². The van der Waals surface area contributed by atoms with E-state index in [9.17, 15) is 9.90 Å². The Kier molecular flexibility index (Phi) is 3.11. The highest BCUT2D eigenvalue weighted by atomic mass is 32.2. The normalized spacial score (nSPS) is 50.8. The Balaban J connectivity index is 1.58. The van der Waals surface area contributed by atoms with Crippen LogP contribution in [0.3, 0.4) is 0 Å². The fourth-order valence-corrected chi connectivity index (χ4v) is 4.84. The summed E-state index contributed by atoms with van der Waals surface area (Å²) in [6.07, 6.45) is 3.91. The van der Waals surface area contributed by atoms with Crippen molar-refractivity contribution in [3.63, 3.8) is 0 Å². The van der Waals surface area contributed by atoms with Gasteiger partial charge >= 0.3 is 0 Å². The lowest BCUT2D eigenvalue weighted by Crippen LogP contribution is -2.47. The van der Waals surface area contributed by atoms with Crippen LogP contribution in [0.5, 0.6) is 0 Å². The summed E-state index contributed by atoms with van der Waals surface area (Å²) in [4.78, 5) is 11.9. The maximum absolute atomic E-state index is 11.9. The molecule has 2 aliphatic carbocycles. The maximum atomic E-state index is 11.9. The fourth-order valence-electron chi connectivity index (χ4n) is 3.58. The van der Waals surface area contributed by atoms with E-state index in [1.54, 1.807) is 11.8 Å². The summed E-state index contributed by atoms with van der Waals surface area (Å²) in [7, 11) is 0. The molecule has 0 aromatic heterocycles. The first-order valence-electron chi connectivity index (χ1n) is 6.94. The van der Waals surface area contributed by atoms with Crippen LogP contribution in [0.1, 0.15) is 39.5 Å². The van der Waals surface area contributed by atoms with Crippen molar-refractivity contribution in [2.24, 2.45) is 11.8 Å². The van der Waals surface area contributed by atoms with E-state index in [0.717, 1.165) is 25.7 Å². The zero-order chi connectivity index (χ0) is 12.9. The number of hydrogen-bond donors (Lipinski definition) is 3. The molecular weight excluding hydrogens is 248 g/mol. The second-order valence-electron chi connectivity index (χ2n) is 6.12. The third kappa shape index (κ3) is 1.96. The molecule has 4 nitrogen and oxygen atoms in total. The number of aliphatic hydroxyl groups excluding tert-OH is 1. The highest BCUT2D eigenvalue weighted by Gasteiger charge is 2.48. The van der Waals surface area contributed by atoms with E-state index in [-0.39, 0.29) is 22.3 Å². The molecule has 18 heavy (non-hydrogen) atoms.